The zero-order valence-corrected chi connectivity index (χ0v) is 9.51. The normalized spacial score (nSPS) is 15.9. The second-order valence-electron chi connectivity index (χ2n) is 4.11. The fraction of sp³-hybridized carbons (Fsp3) is 0.333. The molecule has 0 unspecified atom stereocenters. The maximum atomic E-state index is 4.64. The summed E-state index contributed by atoms with van der Waals surface area (Å²) >= 11 is 0. The van der Waals surface area contributed by atoms with E-state index < -0.39 is 0 Å². The number of fused-ring (bicyclic) bond motifs is 1. The number of para-hydroxylation sites is 2. The van der Waals surface area contributed by atoms with Crippen LogP contribution in [0, 0.1) is 0 Å². The van der Waals surface area contributed by atoms with E-state index in [0.29, 0.717) is 0 Å². The molecule has 1 aromatic heterocycles. The zero-order chi connectivity index (χ0) is 11.1. The Morgan fingerprint density at radius 3 is 2.69 bits per heavy atom. The molecule has 2 aromatic rings. The summed E-state index contributed by atoms with van der Waals surface area (Å²) in [4.78, 5) is 11.3. The van der Waals surface area contributed by atoms with Crippen LogP contribution in [0.5, 0.6) is 0 Å². The molecule has 0 aliphatic carbocycles. The van der Waals surface area contributed by atoms with Crippen LogP contribution in [0.4, 0.5) is 0 Å². The van der Waals surface area contributed by atoms with Gasteiger partial charge in [0.1, 0.15) is 0 Å². The number of aromatic nitrogens is 2. The topological polar surface area (TPSA) is 33.4 Å². The SMILES string of the molecule is CN1CCN=C1c1nc2ccccc2n1C. The Morgan fingerprint density at radius 2 is 2.00 bits per heavy atom. The smallest absolute Gasteiger partial charge is 0.176 e. The monoisotopic (exact) mass is 214 g/mol. The predicted octanol–water partition coefficient (Wildman–Crippen LogP) is 1.27. The van der Waals surface area contributed by atoms with Gasteiger partial charge in [-0.1, -0.05) is 12.1 Å². The van der Waals surface area contributed by atoms with E-state index in [4.69, 9.17) is 0 Å². The minimum atomic E-state index is 0.870. The summed E-state index contributed by atoms with van der Waals surface area (Å²) in [7, 11) is 4.10. The maximum absolute atomic E-state index is 4.64. The van der Waals surface area contributed by atoms with Crippen LogP contribution >= 0.6 is 0 Å². The van der Waals surface area contributed by atoms with Gasteiger partial charge in [-0.05, 0) is 12.1 Å². The standard InChI is InChI=1S/C12H14N4/c1-15-8-7-13-11(15)12-14-9-5-3-4-6-10(9)16(12)2/h3-6H,7-8H2,1-2H3. The van der Waals surface area contributed by atoms with Crippen LogP contribution < -0.4 is 0 Å². The first-order valence-corrected chi connectivity index (χ1v) is 5.45. The molecule has 82 valence electrons. The van der Waals surface area contributed by atoms with Crippen molar-refractivity contribution < 1.29 is 0 Å². The van der Waals surface area contributed by atoms with Crippen molar-refractivity contribution in [2.45, 2.75) is 0 Å². The minimum Gasteiger partial charge on any atom is -0.355 e. The quantitative estimate of drug-likeness (QED) is 0.716. The van der Waals surface area contributed by atoms with Gasteiger partial charge in [-0.2, -0.15) is 0 Å². The average molecular weight is 214 g/mol. The number of hydrogen-bond acceptors (Lipinski definition) is 3. The molecule has 1 aromatic carbocycles. The summed E-state index contributed by atoms with van der Waals surface area (Å²) in [5.41, 5.74) is 2.18. The summed E-state index contributed by atoms with van der Waals surface area (Å²) < 4.78 is 2.11. The van der Waals surface area contributed by atoms with Gasteiger partial charge in [-0.15, -0.1) is 0 Å². The number of aryl methyl sites for hydroxylation is 1. The first kappa shape index (κ1) is 9.39. The van der Waals surface area contributed by atoms with Gasteiger partial charge in [0, 0.05) is 20.6 Å². The molecule has 0 atom stereocenters. The van der Waals surface area contributed by atoms with Gasteiger partial charge in [-0.25, -0.2) is 4.98 Å². The van der Waals surface area contributed by atoms with E-state index in [-0.39, 0.29) is 0 Å². The Kier molecular flexibility index (Phi) is 1.96. The number of aliphatic imine (C=N–C) groups is 1. The summed E-state index contributed by atoms with van der Waals surface area (Å²) in [5, 5.41) is 0. The number of rotatable bonds is 1. The van der Waals surface area contributed by atoms with Crippen LogP contribution in [0.3, 0.4) is 0 Å². The van der Waals surface area contributed by atoms with Crippen LogP contribution in [0.25, 0.3) is 11.0 Å². The first-order chi connectivity index (χ1) is 7.77. The van der Waals surface area contributed by atoms with Crippen LogP contribution in [0.2, 0.25) is 0 Å². The van der Waals surface area contributed by atoms with Gasteiger partial charge in [0.2, 0.25) is 0 Å². The summed E-state index contributed by atoms with van der Waals surface area (Å²) in [6, 6.07) is 8.17. The van der Waals surface area contributed by atoms with Gasteiger partial charge in [0.15, 0.2) is 11.7 Å². The van der Waals surface area contributed by atoms with Crippen LogP contribution in [-0.4, -0.2) is 40.4 Å². The molecule has 16 heavy (non-hydrogen) atoms. The van der Waals surface area contributed by atoms with Gasteiger partial charge < -0.3 is 9.47 Å². The van der Waals surface area contributed by atoms with Crippen LogP contribution in [0.1, 0.15) is 5.82 Å². The van der Waals surface area contributed by atoms with E-state index in [2.05, 4.69) is 32.6 Å². The third-order valence-corrected chi connectivity index (χ3v) is 3.05. The number of imidazole rings is 1. The summed E-state index contributed by atoms with van der Waals surface area (Å²) in [6.45, 7) is 1.85. The average Bonchev–Trinajstić information content (AvgIpc) is 2.84. The summed E-state index contributed by atoms with van der Waals surface area (Å²) in [5.74, 6) is 1.96. The van der Waals surface area contributed by atoms with Crippen molar-refractivity contribution in [1.29, 1.82) is 0 Å². The Morgan fingerprint density at radius 1 is 1.19 bits per heavy atom. The van der Waals surface area contributed by atoms with Crippen molar-refractivity contribution in [3.8, 4) is 0 Å². The Balaban J connectivity index is 2.21. The lowest BCUT2D eigenvalue weighted by atomic mass is 10.3. The highest BCUT2D eigenvalue weighted by Gasteiger charge is 2.20. The molecular weight excluding hydrogens is 200 g/mol. The van der Waals surface area contributed by atoms with E-state index in [1.165, 1.54) is 0 Å². The second kappa shape index (κ2) is 3.33. The van der Waals surface area contributed by atoms with Crippen LogP contribution in [-0.2, 0) is 7.05 Å². The minimum absolute atomic E-state index is 0.870. The Bertz CT molecular complexity index is 567. The molecule has 3 rings (SSSR count). The zero-order valence-electron chi connectivity index (χ0n) is 9.51. The molecule has 0 saturated heterocycles. The largest absolute Gasteiger partial charge is 0.355 e. The summed E-state index contributed by atoms with van der Waals surface area (Å²) in [6.07, 6.45) is 0. The predicted molar refractivity (Wildman–Crippen MR) is 64.7 cm³/mol. The number of benzene rings is 1. The molecule has 0 amide bonds. The first-order valence-electron chi connectivity index (χ1n) is 5.45. The third-order valence-electron chi connectivity index (χ3n) is 3.05. The molecule has 0 radical (unpaired) electrons. The molecule has 1 aliphatic rings. The van der Waals surface area contributed by atoms with E-state index in [1.807, 2.05) is 25.2 Å². The van der Waals surface area contributed by atoms with E-state index >= 15 is 0 Å². The second-order valence-corrected chi connectivity index (χ2v) is 4.11. The van der Waals surface area contributed by atoms with E-state index in [9.17, 15) is 0 Å². The molecule has 0 bridgehead atoms. The molecule has 0 fully saturated rings. The molecule has 1 aliphatic heterocycles. The lowest BCUT2D eigenvalue weighted by Crippen LogP contribution is -2.26. The molecule has 2 heterocycles. The van der Waals surface area contributed by atoms with E-state index in [0.717, 1.165) is 35.8 Å². The van der Waals surface area contributed by atoms with Gasteiger partial charge in [-0.3, -0.25) is 4.99 Å². The van der Waals surface area contributed by atoms with E-state index in [1.54, 1.807) is 0 Å². The fourth-order valence-electron chi connectivity index (χ4n) is 2.12. The van der Waals surface area contributed by atoms with Crippen molar-refractivity contribution in [2.24, 2.45) is 12.0 Å². The van der Waals surface area contributed by atoms with Crippen molar-refractivity contribution >= 4 is 16.9 Å². The highest BCUT2D eigenvalue weighted by atomic mass is 15.3. The maximum Gasteiger partial charge on any atom is 0.176 e. The lowest BCUT2D eigenvalue weighted by Gasteiger charge is -2.12. The Labute approximate surface area is 94.2 Å². The van der Waals surface area contributed by atoms with Crippen molar-refractivity contribution in [3.05, 3.63) is 30.1 Å². The number of nitrogens with zero attached hydrogens (tertiary/aromatic N) is 4. The number of likely N-dealkylation sites (N-methyl/N-ethyl adjacent to an activating group) is 1. The lowest BCUT2D eigenvalue weighted by molar-refractivity contribution is 0.552. The number of amidine groups is 1. The van der Waals surface area contributed by atoms with Gasteiger partial charge in [0.05, 0.1) is 17.6 Å². The molecular formula is C12H14N4. The molecule has 0 spiro atoms. The van der Waals surface area contributed by atoms with Crippen molar-refractivity contribution in [2.75, 3.05) is 20.1 Å². The number of hydrogen-bond donors (Lipinski definition) is 0. The molecule has 4 nitrogen and oxygen atoms in total. The van der Waals surface area contributed by atoms with Crippen LogP contribution in [0.15, 0.2) is 29.3 Å². The molecule has 0 saturated carbocycles. The molecule has 0 N–H and O–H groups in total. The van der Waals surface area contributed by atoms with Gasteiger partial charge >= 0.3 is 0 Å². The highest BCUT2D eigenvalue weighted by Crippen LogP contribution is 2.16. The van der Waals surface area contributed by atoms with Crippen molar-refractivity contribution in [1.82, 2.24) is 14.5 Å². The third kappa shape index (κ3) is 1.23. The molecule has 4 heteroatoms. The fourth-order valence-corrected chi connectivity index (χ4v) is 2.12. The van der Waals surface area contributed by atoms with Gasteiger partial charge in [0.25, 0.3) is 0 Å². The van der Waals surface area contributed by atoms with Crippen molar-refractivity contribution in [3.63, 3.8) is 0 Å². The Hall–Kier alpha value is -1.84. The highest BCUT2D eigenvalue weighted by molar-refractivity contribution is 5.99.